The largest absolute Gasteiger partial charge is 0.312 e. The molecule has 0 aromatic carbocycles. The third kappa shape index (κ3) is 3.05. The molecule has 1 aromatic heterocycles. The van der Waals surface area contributed by atoms with Gasteiger partial charge in [-0.15, -0.1) is 0 Å². The highest BCUT2D eigenvalue weighted by atomic mass is 32.2. The summed E-state index contributed by atoms with van der Waals surface area (Å²) in [4.78, 5) is 0. The van der Waals surface area contributed by atoms with Crippen LogP contribution in [0.3, 0.4) is 0 Å². The van der Waals surface area contributed by atoms with E-state index in [0.29, 0.717) is 10.8 Å². The monoisotopic (exact) mass is 253 g/mol. The van der Waals surface area contributed by atoms with E-state index in [4.69, 9.17) is 0 Å². The molecule has 0 saturated carbocycles. The van der Waals surface area contributed by atoms with Crippen molar-refractivity contribution in [1.82, 2.24) is 15.1 Å². The van der Waals surface area contributed by atoms with Crippen LogP contribution < -0.4 is 5.32 Å². The molecule has 0 bridgehead atoms. The minimum Gasteiger partial charge on any atom is -0.312 e. The van der Waals surface area contributed by atoms with Gasteiger partial charge in [0.1, 0.15) is 0 Å². The maximum atomic E-state index is 4.50. The summed E-state index contributed by atoms with van der Waals surface area (Å²) in [5.74, 6) is 1.31. The van der Waals surface area contributed by atoms with E-state index in [9.17, 15) is 0 Å². The Bertz CT molecular complexity index is 355. The normalized spacial score (nSPS) is 26.3. The van der Waals surface area contributed by atoms with Crippen LogP contribution in [-0.4, -0.2) is 32.9 Å². The van der Waals surface area contributed by atoms with Crippen LogP contribution in [0.15, 0.2) is 12.3 Å². The van der Waals surface area contributed by atoms with Gasteiger partial charge in [0.05, 0.1) is 5.69 Å². The summed E-state index contributed by atoms with van der Waals surface area (Å²) in [5, 5.41) is 8.16. The van der Waals surface area contributed by atoms with E-state index < -0.39 is 0 Å². The van der Waals surface area contributed by atoms with Gasteiger partial charge in [-0.25, -0.2) is 0 Å². The Balaban J connectivity index is 2.06. The smallest absolute Gasteiger partial charge is 0.0640 e. The van der Waals surface area contributed by atoms with E-state index in [1.807, 2.05) is 17.9 Å². The standard InChI is InChI=1S/C13H23N3S/c1-4-14-12(13(2)7-5-9-17-13)10-11-6-8-16(3)15-11/h6,8,12,14H,4-5,7,9-10H2,1-3H3. The number of nitrogens with one attached hydrogen (secondary N) is 1. The highest BCUT2D eigenvalue weighted by molar-refractivity contribution is 8.00. The van der Waals surface area contributed by atoms with Crippen LogP contribution in [0.25, 0.3) is 0 Å². The van der Waals surface area contributed by atoms with Gasteiger partial charge in [-0.05, 0) is 38.1 Å². The lowest BCUT2D eigenvalue weighted by Gasteiger charge is -2.33. The molecule has 0 spiro atoms. The fraction of sp³-hybridized carbons (Fsp3) is 0.769. The first-order chi connectivity index (χ1) is 8.14. The summed E-state index contributed by atoms with van der Waals surface area (Å²) in [7, 11) is 1.98. The van der Waals surface area contributed by atoms with Crippen LogP contribution in [0.1, 0.15) is 32.4 Å². The van der Waals surface area contributed by atoms with Gasteiger partial charge in [0.25, 0.3) is 0 Å². The molecule has 1 aliphatic rings. The SMILES string of the molecule is CCNC(Cc1ccn(C)n1)C1(C)CCCS1. The Kier molecular flexibility index (Phi) is 4.15. The maximum absolute atomic E-state index is 4.50. The van der Waals surface area contributed by atoms with Crippen molar-refractivity contribution in [3.63, 3.8) is 0 Å². The maximum Gasteiger partial charge on any atom is 0.0640 e. The Morgan fingerprint density at radius 1 is 1.65 bits per heavy atom. The highest BCUT2D eigenvalue weighted by Crippen LogP contribution is 2.41. The van der Waals surface area contributed by atoms with E-state index in [-0.39, 0.29) is 0 Å². The lowest BCUT2D eigenvalue weighted by atomic mass is 9.92. The molecule has 0 aliphatic carbocycles. The lowest BCUT2D eigenvalue weighted by Crippen LogP contribution is -2.46. The van der Waals surface area contributed by atoms with Crippen molar-refractivity contribution in [3.05, 3.63) is 18.0 Å². The molecule has 1 saturated heterocycles. The van der Waals surface area contributed by atoms with Gasteiger partial charge in [-0.2, -0.15) is 16.9 Å². The molecule has 2 heterocycles. The first kappa shape index (κ1) is 13.0. The molecule has 2 unspecified atom stereocenters. The van der Waals surface area contributed by atoms with Crippen molar-refractivity contribution >= 4 is 11.8 Å². The Labute approximate surface area is 108 Å². The number of likely N-dealkylation sites (N-methyl/N-ethyl adjacent to an activating group) is 1. The molecule has 17 heavy (non-hydrogen) atoms. The average Bonchev–Trinajstić information content (AvgIpc) is 2.88. The van der Waals surface area contributed by atoms with Crippen molar-refractivity contribution in [2.45, 2.75) is 43.9 Å². The third-order valence-electron chi connectivity index (χ3n) is 3.62. The summed E-state index contributed by atoms with van der Waals surface area (Å²) in [5.41, 5.74) is 1.20. The molecule has 1 aromatic rings. The molecule has 3 nitrogen and oxygen atoms in total. The molecule has 4 heteroatoms. The Morgan fingerprint density at radius 3 is 3.00 bits per heavy atom. The van der Waals surface area contributed by atoms with Gasteiger partial charge in [-0.3, -0.25) is 4.68 Å². The molecule has 0 amide bonds. The Hall–Kier alpha value is -0.480. The van der Waals surface area contributed by atoms with Crippen LogP contribution in [0, 0.1) is 0 Å². The number of hydrogen-bond donors (Lipinski definition) is 1. The first-order valence-electron chi connectivity index (χ1n) is 6.50. The molecule has 1 aliphatic heterocycles. The van der Waals surface area contributed by atoms with Gasteiger partial charge in [-0.1, -0.05) is 6.92 Å². The minimum atomic E-state index is 0.382. The number of aromatic nitrogens is 2. The van der Waals surface area contributed by atoms with Gasteiger partial charge in [0.15, 0.2) is 0 Å². The van der Waals surface area contributed by atoms with Gasteiger partial charge in [0.2, 0.25) is 0 Å². The van der Waals surface area contributed by atoms with Crippen LogP contribution in [0.4, 0.5) is 0 Å². The lowest BCUT2D eigenvalue weighted by molar-refractivity contribution is 0.402. The molecule has 2 atom stereocenters. The summed E-state index contributed by atoms with van der Waals surface area (Å²) < 4.78 is 2.27. The molecular formula is C13H23N3S. The number of rotatable bonds is 5. The average molecular weight is 253 g/mol. The predicted molar refractivity (Wildman–Crippen MR) is 74.5 cm³/mol. The predicted octanol–water partition coefficient (Wildman–Crippen LogP) is 2.23. The molecule has 96 valence electrons. The second-order valence-electron chi connectivity index (χ2n) is 5.06. The third-order valence-corrected chi connectivity index (χ3v) is 5.26. The van der Waals surface area contributed by atoms with E-state index >= 15 is 0 Å². The van der Waals surface area contributed by atoms with Crippen molar-refractivity contribution in [1.29, 1.82) is 0 Å². The van der Waals surface area contributed by atoms with Gasteiger partial charge < -0.3 is 5.32 Å². The van der Waals surface area contributed by atoms with E-state index in [1.54, 1.807) is 0 Å². The quantitative estimate of drug-likeness (QED) is 0.872. The van der Waals surface area contributed by atoms with Crippen molar-refractivity contribution in [2.75, 3.05) is 12.3 Å². The van der Waals surface area contributed by atoms with Gasteiger partial charge in [0, 0.05) is 30.5 Å². The van der Waals surface area contributed by atoms with Crippen LogP contribution >= 0.6 is 11.8 Å². The number of hydrogen-bond acceptors (Lipinski definition) is 3. The molecule has 1 N–H and O–H groups in total. The molecular weight excluding hydrogens is 230 g/mol. The van der Waals surface area contributed by atoms with Gasteiger partial charge >= 0.3 is 0 Å². The zero-order chi connectivity index (χ0) is 12.3. The van der Waals surface area contributed by atoms with Crippen LogP contribution in [0.2, 0.25) is 0 Å². The fourth-order valence-corrected chi connectivity index (χ4v) is 4.02. The second kappa shape index (κ2) is 5.44. The van der Waals surface area contributed by atoms with Crippen molar-refractivity contribution < 1.29 is 0 Å². The molecule has 0 radical (unpaired) electrons. The summed E-state index contributed by atoms with van der Waals surface area (Å²) in [6.45, 7) is 5.63. The van der Waals surface area contributed by atoms with Crippen molar-refractivity contribution in [2.24, 2.45) is 7.05 Å². The highest BCUT2D eigenvalue weighted by Gasteiger charge is 2.37. The zero-order valence-electron chi connectivity index (χ0n) is 11.1. The zero-order valence-corrected chi connectivity index (χ0v) is 11.9. The minimum absolute atomic E-state index is 0.382. The van der Waals surface area contributed by atoms with E-state index in [0.717, 1.165) is 13.0 Å². The van der Waals surface area contributed by atoms with Crippen LogP contribution in [-0.2, 0) is 13.5 Å². The Morgan fingerprint density at radius 2 is 2.47 bits per heavy atom. The molecule has 1 fully saturated rings. The summed E-state index contributed by atoms with van der Waals surface area (Å²) in [6.07, 6.45) is 5.74. The van der Waals surface area contributed by atoms with E-state index in [2.05, 4.69) is 42.1 Å². The van der Waals surface area contributed by atoms with Crippen LogP contribution in [0.5, 0.6) is 0 Å². The second-order valence-corrected chi connectivity index (χ2v) is 6.69. The fourth-order valence-electron chi connectivity index (χ4n) is 2.61. The van der Waals surface area contributed by atoms with E-state index in [1.165, 1.54) is 24.3 Å². The molecule has 2 rings (SSSR count). The number of nitrogens with zero attached hydrogens (tertiary/aromatic N) is 2. The van der Waals surface area contributed by atoms with Crippen molar-refractivity contribution in [3.8, 4) is 0 Å². The summed E-state index contributed by atoms with van der Waals surface area (Å²) >= 11 is 2.12. The number of thioether (sulfide) groups is 1. The topological polar surface area (TPSA) is 29.9 Å². The number of aryl methyl sites for hydroxylation is 1. The first-order valence-corrected chi connectivity index (χ1v) is 7.48. The summed E-state index contributed by atoms with van der Waals surface area (Å²) in [6, 6.07) is 2.67.